The molecule has 0 unspecified atom stereocenters. The van der Waals surface area contributed by atoms with Crippen molar-refractivity contribution < 1.29 is 32.0 Å². The van der Waals surface area contributed by atoms with E-state index < -0.39 is 0 Å². The summed E-state index contributed by atoms with van der Waals surface area (Å²) in [4.78, 5) is 0. The van der Waals surface area contributed by atoms with Gasteiger partial charge >= 0.3 is 0 Å². The van der Waals surface area contributed by atoms with E-state index in [1.165, 1.54) is 0 Å². The monoisotopic (exact) mass is 131 g/mol. The Bertz CT molecular complexity index is 6.85. The van der Waals surface area contributed by atoms with E-state index in [4.69, 9.17) is 10.5 Å². The molecule has 0 saturated heterocycles. The Morgan fingerprint density at radius 3 is 1.20 bits per heavy atom. The van der Waals surface area contributed by atoms with E-state index in [0.717, 1.165) is 0 Å². The van der Waals surface area contributed by atoms with Crippen LogP contribution in [0.4, 0.5) is 0 Å². The summed E-state index contributed by atoms with van der Waals surface area (Å²) in [5.41, 5.74) is 0. The topological polar surface area (TPSA) is 49.7 Å². The standard InChI is InChI=1S/Na.Ni.H2O3/c;;1-3-2/h;;1-2H. The van der Waals surface area contributed by atoms with E-state index in [1.807, 2.05) is 0 Å². The van der Waals surface area contributed by atoms with Crippen LogP contribution >= 0.6 is 0 Å². The van der Waals surface area contributed by atoms with Crippen molar-refractivity contribution in [2.45, 2.75) is 0 Å². The summed E-state index contributed by atoms with van der Waals surface area (Å²) < 4.78 is 0. The van der Waals surface area contributed by atoms with Gasteiger partial charge in [0.25, 0.3) is 0 Å². The molecule has 0 fully saturated rings. The van der Waals surface area contributed by atoms with Crippen LogP contribution in [0.2, 0.25) is 0 Å². The van der Waals surface area contributed by atoms with Crippen LogP contribution in [0.25, 0.3) is 0 Å². The molecule has 0 aliphatic heterocycles. The Labute approximate surface area is 61.4 Å². The molecule has 2 N–H and O–H groups in total. The number of rotatable bonds is 0. The van der Waals surface area contributed by atoms with Crippen molar-refractivity contribution in [1.29, 1.82) is 0 Å². The zero-order valence-corrected chi connectivity index (χ0v) is 5.61. The molecule has 0 amide bonds. The molecule has 0 aromatic carbocycles. The molecule has 3 nitrogen and oxygen atoms in total. The molecule has 0 spiro atoms. The molecule has 5 heavy (non-hydrogen) atoms. The Hall–Kier alpha value is 1.37. The maximum atomic E-state index is 6.62. The summed E-state index contributed by atoms with van der Waals surface area (Å²) in [6, 6.07) is 0. The SMILES string of the molecule is OOO.[Na].[Ni]. The molecule has 0 aromatic rings. The molecule has 0 aliphatic rings. The van der Waals surface area contributed by atoms with Crippen LogP contribution < -0.4 is 0 Å². The fourth-order valence-electron chi connectivity index (χ4n) is 0. The maximum absolute atomic E-state index is 6.62. The van der Waals surface area contributed by atoms with E-state index in [1.54, 1.807) is 0 Å². The van der Waals surface area contributed by atoms with Crippen molar-refractivity contribution in [2.24, 2.45) is 0 Å². The summed E-state index contributed by atoms with van der Waals surface area (Å²) in [5, 5.41) is 15.5. The predicted octanol–water partition coefficient (Wildman–Crippen LogP) is -0.434. The minimum atomic E-state index is 0. The van der Waals surface area contributed by atoms with Gasteiger partial charge in [-0.3, -0.25) is 0 Å². The van der Waals surface area contributed by atoms with Gasteiger partial charge in [-0.1, -0.05) is 5.04 Å². The Morgan fingerprint density at radius 1 is 1.20 bits per heavy atom. The van der Waals surface area contributed by atoms with Crippen molar-refractivity contribution in [3.8, 4) is 0 Å². The largest absolute Gasteiger partial charge is 0.221 e. The van der Waals surface area contributed by atoms with Crippen LogP contribution in [0.3, 0.4) is 0 Å². The molecule has 0 heterocycles. The van der Waals surface area contributed by atoms with Gasteiger partial charge < -0.3 is 0 Å². The van der Waals surface area contributed by atoms with Crippen LogP contribution in [0.15, 0.2) is 0 Å². The Morgan fingerprint density at radius 2 is 1.20 bits per heavy atom. The first kappa shape index (κ1) is 16.2. The van der Waals surface area contributed by atoms with Crippen LogP contribution in [0, 0.1) is 0 Å². The minimum Gasteiger partial charge on any atom is -0.221 e. The Balaban J connectivity index is -0.0000000200. The van der Waals surface area contributed by atoms with Crippen LogP contribution in [-0.2, 0) is 21.5 Å². The molecule has 0 bridgehead atoms. The fraction of sp³-hybridized carbons (Fsp3) is 0. The van der Waals surface area contributed by atoms with Crippen molar-refractivity contribution in [2.75, 3.05) is 0 Å². The van der Waals surface area contributed by atoms with Gasteiger partial charge in [0.15, 0.2) is 0 Å². The molecular weight excluding hydrogens is 130 g/mol. The summed E-state index contributed by atoms with van der Waals surface area (Å²) >= 11 is 0. The molecule has 0 rings (SSSR count). The van der Waals surface area contributed by atoms with E-state index in [2.05, 4.69) is 5.04 Å². The fourth-order valence-corrected chi connectivity index (χ4v) is 0. The normalized spacial score (nSPS) is 3.60. The minimum absolute atomic E-state index is 0. The molecule has 5 heteroatoms. The Kier molecular flexibility index (Phi) is 59.0. The zero-order valence-electron chi connectivity index (χ0n) is 2.62. The third-order valence-corrected chi connectivity index (χ3v) is 0. The molecular formula is H2NaNiO3. The predicted molar refractivity (Wildman–Crippen MR) is 12.1 cm³/mol. The third-order valence-electron chi connectivity index (χ3n) is 0. The van der Waals surface area contributed by atoms with Gasteiger partial charge in [0.2, 0.25) is 0 Å². The number of hydrogen-bond donors (Lipinski definition) is 2. The molecule has 0 atom stereocenters. The first-order valence-corrected chi connectivity index (χ1v) is 0.365. The average molecular weight is 132 g/mol. The van der Waals surface area contributed by atoms with Gasteiger partial charge in [-0.25, -0.2) is 10.5 Å². The third kappa shape index (κ3) is 32.4. The second-order valence-electron chi connectivity index (χ2n) is 0.0816. The smallest absolute Gasteiger partial charge is 0 e. The van der Waals surface area contributed by atoms with Crippen LogP contribution in [0.1, 0.15) is 0 Å². The van der Waals surface area contributed by atoms with Gasteiger partial charge in [-0.15, -0.1) is 0 Å². The van der Waals surface area contributed by atoms with E-state index in [0.29, 0.717) is 0 Å². The van der Waals surface area contributed by atoms with E-state index >= 15 is 0 Å². The van der Waals surface area contributed by atoms with Gasteiger partial charge in [0, 0.05) is 46.0 Å². The van der Waals surface area contributed by atoms with Gasteiger partial charge in [-0.2, -0.15) is 0 Å². The summed E-state index contributed by atoms with van der Waals surface area (Å²) in [5.74, 6) is 0. The molecule has 31 valence electrons. The first-order chi connectivity index (χ1) is 1.41. The zero-order chi connectivity index (χ0) is 2.71. The summed E-state index contributed by atoms with van der Waals surface area (Å²) in [7, 11) is 0. The van der Waals surface area contributed by atoms with E-state index in [9.17, 15) is 0 Å². The molecule has 0 saturated carbocycles. The second kappa shape index (κ2) is 18.2. The van der Waals surface area contributed by atoms with Crippen molar-refractivity contribution in [3.05, 3.63) is 0 Å². The molecule has 1 radical (unpaired) electrons. The molecule has 0 aliphatic carbocycles. The number of hydrogen-bond acceptors (Lipinski definition) is 3. The summed E-state index contributed by atoms with van der Waals surface area (Å²) in [6.45, 7) is 0. The second-order valence-corrected chi connectivity index (χ2v) is 0.0816. The van der Waals surface area contributed by atoms with Crippen molar-refractivity contribution in [1.82, 2.24) is 0 Å². The van der Waals surface area contributed by atoms with E-state index in [-0.39, 0.29) is 46.0 Å². The van der Waals surface area contributed by atoms with Gasteiger partial charge in [0.05, 0.1) is 0 Å². The first-order valence-electron chi connectivity index (χ1n) is 0.365. The summed E-state index contributed by atoms with van der Waals surface area (Å²) in [6.07, 6.45) is 0. The molecule has 0 aromatic heterocycles. The van der Waals surface area contributed by atoms with Gasteiger partial charge in [-0.05, 0) is 0 Å². The van der Waals surface area contributed by atoms with Gasteiger partial charge in [0.1, 0.15) is 0 Å². The maximum Gasteiger partial charge on any atom is 0 e. The quantitative estimate of drug-likeness (QED) is 0.267. The van der Waals surface area contributed by atoms with Crippen molar-refractivity contribution >= 4 is 29.6 Å². The average Bonchev–Trinajstić information content (AvgIpc) is 0.918. The van der Waals surface area contributed by atoms with Crippen LogP contribution in [0.5, 0.6) is 0 Å². The van der Waals surface area contributed by atoms with Crippen LogP contribution in [-0.4, -0.2) is 40.1 Å². The van der Waals surface area contributed by atoms with Crippen molar-refractivity contribution in [3.63, 3.8) is 0 Å².